The number of hydrogen-bond donors (Lipinski definition) is 2. The standard InChI is InChI=1S/C14H17F2NO2/c15-14(16,9-18)8-17-13(19)7-10-4-5-11-2-1-3-12(11)6-10/h4-6,18H,1-3,7-9H2,(H,17,19). The van der Waals surface area contributed by atoms with Crippen molar-refractivity contribution < 1.29 is 18.7 Å². The first-order valence-electron chi connectivity index (χ1n) is 6.36. The third-order valence-electron chi connectivity index (χ3n) is 3.30. The van der Waals surface area contributed by atoms with Gasteiger partial charge in [-0.1, -0.05) is 18.2 Å². The van der Waals surface area contributed by atoms with E-state index in [0.717, 1.165) is 24.8 Å². The number of halogens is 2. The number of aryl methyl sites for hydroxylation is 2. The largest absolute Gasteiger partial charge is 0.390 e. The van der Waals surface area contributed by atoms with Crippen molar-refractivity contribution in [3.8, 4) is 0 Å². The Balaban J connectivity index is 1.89. The number of carbonyl (C=O) groups excluding carboxylic acids is 1. The van der Waals surface area contributed by atoms with Gasteiger partial charge in [0.15, 0.2) is 0 Å². The molecule has 19 heavy (non-hydrogen) atoms. The zero-order valence-electron chi connectivity index (χ0n) is 10.6. The minimum Gasteiger partial charge on any atom is -0.390 e. The Kier molecular flexibility index (Phi) is 4.14. The summed E-state index contributed by atoms with van der Waals surface area (Å²) in [6, 6.07) is 5.85. The van der Waals surface area contributed by atoms with E-state index < -0.39 is 25.0 Å². The van der Waals surface area contributed by atoms with E-state index >= 15 is 0 Å². The quantitative estimate of drug-likeness (QED) is 0.850. The van der Waals surface area contributed by atoms with E-state index in [-0.39, 0.29) is 6.42 Å². The molecule has 5 heteroatoms. The Morgan fingerprint density at radius 1 is 1.32 bits per heavy atom. The summed E-state index contributed by atoms with van der Waals surface area (Å²) >= 11 is 0. The van der Waals surface area contributed by atoms with Crippen LogP contribution in [0.1, 0.15) is 23.1 Å². The van der Waals surface area contributed by atoms with Crippen molar-refractivity contribution in [1.82, 2.24) is 5.32 Å². The van der Waals surface area contributed by atoms with Gasteiger partial charge < -0.3 is 10.4 Å². The molecule has 1 amide bonds. The smallest absolute Gasteiger partial charge is 0.287 e. The molecule has 2 rings (SSSR count). The second kappa shape index (κ2) is 5.65. The topological polar surface area (TPSA) is 49.3 Å². The molecule has 0 aliphatic heterocycles. The van der Waals surface area contributed by atoms with E-state index in [1.807, 2.05) is 18.2 Å². The lowest BCUT2D eigenvalue weighted by Gasteiger charge is -2.14. The zero-order valence-corrected chi connectivity index (χ0v) is 10.6. The fourth-order valence-electron chi connectivity index (χ4n) is 2.27. The van der Waals surface area contributed by atoms with E-state index in [1.165, 1.54) is 11.1 Å². The van der Waals surface area contributed by atoms with Crippen LogP contribution in [0.15, 0.2) is 18.2 Å². The van der Waals surface area contributed by atoms with Gasteiger partial charge in [0.2, 0.25) is 5.91 Å². The highest BCUT2D eigenvalue weighted by atomic mass is 19.3. The van der Waals surface area contributed by atoms with Crippen molar-refractivity contribution in [2.45, 2.75) is 31.6 Å². The number of aliphatic hydroxyl groups is 1. The predicted octanol–water partition coefficient (Wildman–Crippen LogP) is 1.46. The summed E-state index contributed by atoms with van der Waals surface area (Å²) in [6.07, 6.45) is 3.32. The molecule has 1 aromatic rings. The maximum Gasteiger partial charge on any atom is 0.287 e. The summed E-state index contributed by atoms with van der Waals surface area (Å²) < 4.78 is 25.5. The molecule has 0 radical (unpaired) electrons. The molecular formula is C14H17F2NO2. The Morgan fingerprint density at radius 2 is 2.05 bits per heavy atom. The number of benzene rings is 1. The molecule has 1 aliphatic rings. The molecule has 0 heterocycles. The Bertz CT molecular complexity index is 475. The van der Waals surface area contributed by atoms with Crippen LogP contribution in [0, 0.1) is 0 Å². The Hall–Kier alpha value is -1.49. The van der Waals surface area contributed by atoms with Gasteiger partial charge in [0.1, 0.15) is 6.61 Å². The van der Waals surface area contributed by atoms with Gasteiger partial charge in [-0.25, -0.2) is 8.78 Å². The normalized spacial score (nSPS) is 14.3. The van der Waals surface area contributed by atoms with Gasteiger partial charge >= 0.3 is 0 Å². The number of amides is 1. The number of carbonyl (C=O) groups is 1. The van der Waals surface area contributed by atoms with Gasteiger partial charge in [0.05, 0.1) is 13.0 Å². The summed E-state index contributed by atoms with van der Waals surface area (Å²) in [7, 11) is 0. The summed E-state index contributed by atoms with van der Waals surface area (Å²) in [6.45, 7) is -2.08. The average Bonchev–Trinajstić information content (AvgIpc) is 2.84. The summed E-state index contributed by atoms with van der Waals surface area (Å²) in [5.41, 5.74) is 3.41. The average molecular weight is 269 g/mol. The van der Waals surface area contributed by atoms with Gasteiger partial charge in [0, 0.05) is 0 Å². The van der Waals surface area contributed by atoms with Crippen molar-refractivity contribution in [3.05, 3.63) is 34.9 Å². The summed E-state index contributed by atoms with van der Waals surface area (Å²) in [5, 5.41) is 10.5. The van der Waals surface area contributed by atoms with Gasteiger partial charge in [-0.3, -0.25) is 4.79 Å². The molecule has 0 aromatic heterocycles. The van der Waals surface area contributed by atoms with E-state index in [9.17, 15) is 13.6 Å². The van der Waals surface area contributed by atoms with Crippen LogP contribution in [0.4, 0.5) is 8.78 Å². The second-order valence-corrected chi connectivity index (χ2v) is 4.92. The van der Waals surface area contributed by atoms with Crippen molar-refractivity contribution in [2.75, 3.05) is 13.2 Å². The SMILES string of the molecule is O=C(Cc1ccc2c(c1)CCC2)NCC(F)(F)CO. The lowest BCUT2D eigenvalue weighted by Crippen LogP contribution is -2.39. The van der Waals surface area contributed by atoms with Crippen LogP contribution in [-0.2, 0) is 24.1 Å². The minimum absolute atomic E-state index is 0.0921. The molecule has 1 aromatic carbocycles. The molecule has 0 saturated carbocycles. The highest BCUT2D eigenvalue weighted by Gasteiger charge is 2.28. The number of aliphatic hydroxyl groups excluding tert-OH is 1. The van der Waals surface area contributed by atoms with E-state index in [2.05, 4.69) is 5.32 Å². The molecule has 2 N–H and O–H groups in total. The van der Waals surface area contributed by atoms with Crippen LogP contribution >= 0.6 is 0 Å². The third kappa shape index (κ3) is 3.73. The Labute approximate surface area is 110 Å². The lowest BCUT2D eigenvalue weighted by molar-refractivity contribution is -0.123. The number of fused-ring (bicyclic) bond motifs is 1. The van der Waals surface area contributed by atoms with Crippen molar-refractivity contribution in [3.63, 3.8) is 0 Å². The van der Waals surface area contributed by atoms with Crippen LogP contribution < -0.4 is 5.32 Å². The molecular weight excluding hydrogens is 252 g/mol. The molecule has 104 valence electrons. The fourth-order valence-corrected chi connectivity index (χ4v) is 2.27. The number of hydrogen-bond acceptors (Lipinski definition) is 2. The lowest BCUT2D eigenvalue weighted by atomic mass is 10.0. The van der Waals surface area contributed by atoms with Gasteiger partial charge in [0.25, 0.3) is 5.92 Å². The monoisotopic (exact) mass is 269 g/mol. The first-order chi connectivity index (χ1) is 9.00. The molecule has 0 saturated heterocycles. The van der Waals surface area contributed by atoms with E-state index in [0.29, 0.717) is 0 Å². The van der Waals surface area contributed by atoms with E-state index in [1.54, 1.807) is 0 Å². The van der Waals surface area contributed by atoms with Crippen molar-refractivity contribution >= 4 is 5.91 Å². The molecule has 0 unspecified atom stereocenters. The highest BCUT2D eigenvalue weighted by molar-refractivity contribution is 5.78. The first kappa shape index (κ1) is 13.9. The summed E-state index contributed by atoms with van der Waals surface area (Å²) in [5.74, 6) is -3.71. The third-order valence-corrected chi connectivity index (χ3v) is 3.30. The maximum absolute atomic E-state index is 12.8. The second-order valence-electron chi connectivity index (χ2n) is 4.92. The van der Waals surface area contributed by atoms with Gasteiger partial charge in [-0.2, -0.15) is 0 Å². The van der Waals surface area contributed by atoms with Crippen LogP contribution in [0.2, 0.25) is 0 Å². The van der Waals surface area contributed by atoms with E-state index in [4.69, 9.17) is 5.11 Å². The first-order valence-corrected chi connectivity index (χ1v) is 6.36. The van der Waals surface area contributed by atoms with Crippen LogP contribution in [-0.4, -0.2) is 30.1 Å². The van der Waals surface area contributed by atoms with Crippen LogP contribution in [0.3, 0.4) is 0 Å². The van der Waals surface area contributed by atoms with Crippen LogP contribution in [0.25, 0.3) is 0 Å². The van der Waals surface area contributed by atoms with Crippen molar-refractivity contribution in [1.29, 1.82) is 0 Å². The Morgan fingerprint density at radius 3 is 2.79 bits per heavy atom. The molecule has 0 atom stereocenters. The summed E-state index contributed by atoms with van der Waals surface area (Å²) in [4.78, 5) is 11.5. The number of rotatable bonds is 5. The van der Waals surface area contributed by atoms with Crippen LogP contribution in [0.5, 0.6) is 0 Å². The van der Waals surface area contributed by atoms with Gasteiger partial charge in [-0.05, 0) is 36.0 Å². The molecule has 0 fully saturated rings. The highest BCUT2D eigenvalue weighted by Crippen LogP contribution is 2.23. The maximum atomic E-state index is 12.8. The number of alkyl halides is 2. The molecule has 1 aliphatic carbocycles. The molecule has 0 spiro atoms. The molecule has 3 nitrogen and oxygen atoms in total. The predicted molar refractivity (Wildman–Crippen MR) is 67.2 cm³/mol. The molecule has 0 bridgehead atoms. The number of nitrogens with one attached hydrogen (secondary N) is 1. The van der Waals surface area contributed by atoms with Crippen molar-refractivity contribution in [2.24, 2.45) is 0 Å². The van der Waals surface area contributed by atoms with Gasteiger partial charge in [-0.15, -0.1) is 0 Å². The fraction of sp³-hybridized carbons (Fsp3) is 0.500. The zero-order chi connectivity index (χ0) is 13.9. The minimum atomic E-state index is -3.26.